The second kappa shape index (κ2) is 7.75. The van der Waals surface area contributed by atoms with Crippen LogP contribution < -0.4 is 10.1 Å². The molecule has 0 aromatic heterocycles. The van der Waals surface area contributed by atoms with Crippen molar-refractivity contribution in [2.75, 3.05) is 6.54 Å². The maximum Gasteiger partial charge on any atom is 0.312 e. The fraction of sp³-hybridized carbons (Fsp3) is 0.176. The summed E-state index contributed by atoms with van der Waals surface area (Å²) >= 11 is 3.31. The molecule has 2 rings (SSSR count). The first-order valence-electron chi connectivity index (χ1n) is 6.86. The lowest BCUT2D eigenvalue weighted by molar-refractivity contribution is -0.134. The topological polar surface area (TPSA) is 55.4 Å². The van der Waals surface area contributed by atoms with Gasteiger partial charge in [0.2, 0.25) is 0 Å². The highest BCUT2D eigenvalue weighted by Gasteiger charge is 2.08. The Balaban J connectivity index is 1.77. The summed E-state index contributed by atoms with van der Waals surface area (Å²) in [6.45, 7) is 2.16. The number of rotatable bonds is 5. The molecule has 0 fully saturated rings. The lowest BCUT2D eigenvalue weighted by atomic mass is 10.1. The maximum absolute atomic E-state index is 11.9. The minimum Gasteiger partial charge on any atom is -0.426 e. The molecule has 22 heavy (non-hydrogen) atoms. The third-order valence-corrected chi connectivity index (χ3v) is 3.47. The van der Waals surface area contributed by atoms with Gasteiger partial charge >= 0.3 is 5.97 Å². The van der Waals surface area contributed by atoms with Gasteiger partial charge in [0.1, 0.15) is 5.75 Å². The Morgan fingerprint density at radius 1 is 1.14 bits per heavy atom. The van der Waals surface area contributed by atoms with Gasteiger partial charge in [-0.2, -0.15) is 0 Å². The quantitative estimate of drug-likeness (QED) is 0.655. The second-order valence-corrected chi connectivity index (χ2v) is 5.72. The van der Waals surface area contributed by atoms with E-state index in [-0.39, 0.29) is 24.8 Å². The van der Waals surface area contributed by atoms with Gasteiger partial charge < -0.3 is 10.1 Å². The van der Waals surface area contributed by atoms with E-state index in [0.717, 1.165) is 10.0 Å². The van der Waals surface area contributed by atoms with Crippen molar-refractivity contribution in [1.82, 2.24) is 5.32 Å². The monoisotopic (exact) mass is 361 g/mol. The van der Waals surface area contributed by atoms with Gasteiger partial charge in [0, 0.05) is 16.6 Å². The summed E-state index contributed by atoms with van der Waals surface area (Å²) in [5.74, 6) is -0.0924. The number of hydrogen-bond donors (Lipinski definition) is 1. The molecule has 1 amide bonds. The molecular formula is C17H16BrNO3. The zero-order chi connectivity index (χ0) is 15.9. The highest BCUT2D eigenvalue weighted by atomic mass is 79.9. The maximum atomic E-state index is 11.9. The zero-order valence-corrected chi connectivity index (χ0v) is 13.7. The number of aryl methyl sites for hydroxylation is 1. The van der Waals surface area contributed by atoms with Crippen LogP contribution in [0, 0.1) is 6.92 Å². The molecule has 0 aliphatic carbocycles. The number of esters is 1. The van der Waals surface area contributed by atoms with Crippen LogP contribution in [-0.4, -0.2) is 18.4 Å². The van der Waals surface area contributed by atoms with E-state index in [2.05, 4.69) is 21.2 Å². The van der Waals surface area contributed by atoms with E-state index in [1.807, 2.05) is 19.1 Å². The van der Waals surface area contributed by atoms with Crippen molar-refractivity contribution < 1.29 is 14.3 Å². The fourth-order valence-corrected chi connectivity index (χ4v) is 2.12. The standard InChI is InChI=1S/C17H16BrNO3/c1-12-3-2-4-13(11-12)17(21)19-10-9-16(20)22-15-7-5-14(18)6-8-15/h2-8,11H,9-10H2,1H3,(H,19,21). The molecule has 1 N–H and O–H groups in total. The van der Waals surface area contributed by atoms with Gasteiger partial charge in [-0.1, -0.05) is 33.6 Å². The highest BCUT2D eigenvalue weighted by molar-refractivity contribution is 9.10. The second-order valence-electron chi connectivity index (χ2n) is 4.80. The molecule has 0 saturated carbocycles. The summed E-state index contributed by atoms with van der Waals surface area (Å²) in [4.78, 5) is 23.6. The van der Waals surface area contributed by atoms with Crippen LogP contribution in [0.4, 0.5) is 0 Å². The van der Waals surface area contributed by atoms with Gasteiger partial charge in [0.05, 0.1) is 6.42 Å². The van der Waals surface area contributed by atoms with E-state index in [4.69, 9.17) is 4.74 Å². The Labute approximate surface area is 137 Å². The number of amides is 1. The Hall–Kier alpha value is -2.14. The van der Waals surface area contributed by atoms with Gasteiger partial charge in [-0.25, -0.2) is 0 Å². The number of halogens is 1. The van der Waals surface area contributed by atoms with Crippen LogP contribution in [0.2, 0.25) is 0 Å². The summed E-state index contributed by atoms with van der Waals surface area (Å²) in [5, 5.41) is 2.70. The first-order valence-corrected chi connectivity index (χ1v) is 7.65. The first-order chi connectivity index (χ1) is 10.5. The third-order valence-electron chi connectivity index (χ3n) is 2.94. The van der Waals surface area contributed by atoms with Gasteiger partial charge in [0.25, 0.3) is 5.91 Å². The normalized spacial score (nSPS) is 10.1. The average Bonchev–Trinajstić information content (AvgIpc) is 2.49. The number of nitrogens with one attached hydrogen (secondary N) is 1. The van der Waals surface area contributed by atoms with Crippen LogP contribution >= 0.6 is 15.9 Å². The smallest absolute Gasteiger partial charge is 0.312 e. The van der Waals surface area contributed by atoms with Crippen LogP contribution in [0.1, 0.15) is 22.3 Å². The molecule has 0 unspecified atom stereocenters. The van der Waals surface area contributed by atoms with E-state index in [9.17, 15) is 9.59 Å². The van der Waals surface area contributed by atoms with Crippen molar-refractivity contribution in [1.29, 1.82) is 0 Å². The lowest BCUT2D eigenvalue weighted by Gasteiger charge is -2.06. The van der Waals surface area contributed by atoms with E-state index in [0.29, 0.717) is 11.3 Å². The average molecular weight is 362 g/mol. The predicted octanol–water partition coefficient (Wildman–Crippen LogP) is 3.48. The fourth-order valence-electron chi connectivity index (χ4n) is 1.85. The van der Waals surface area contributed by atoms with E-state index >= 15 is 0 Å². The third kappa shape index (κ3) is 5.00. The molecule has 114 valence electrons. The van der Waals surface area contributed by atoms with Crippen molar-refractivity contribution >= 4 is 27.8 Å². The van der Waals surface area contributed by atoms with Crippen LogP contribution in [-0.2, 0) is 4.79 Å². The molecule has 0 saturated heterocycles. The predicted molar refractivity (Wildman–Crippen MR) is 87.9 cm³/mol. The van der Waals surface area contributed by atoms with E-state index in [1.54, 1.807) is 36.4 Å². The zero-order valence-electron chi connectivity index (χ0n) is 12.1. The van der Waals surface area contributed by atoms with Crippen molar-refractivity contribution in [2.24, 2.45) is 0 Å². The van der Waals surface area contributed by atoms with Gasteiger partial charge in [-0.15, -0.1) is 0 Å². The SMILES string of the molecule is Cc1cccc(C(=O)NCCC(=O)Oc2ccc(Br)cc2)c1. The van der Waals surface area contributed by atoms with Crippen molar-refractivity contribution in [2.45, 2.75) is 13.3 Å². The number of benzene rings is 2. The molecule has 0 spiro atoms. The minimum atomic E-state index is -0.383. The molecule has 0 radical (unpaired) electrons. The Kier molecular flexibility index (Phi) is 5.72. The molecule has 0 heterocycles. The van der Waals surface area contributed by atoms with E-state index in [1.165, 1.54) is 0 Å². The molecule has 2 aromatic rings. The Morgan fingerprint density at radius 2 is 1.86 bits per heavy atom. The van der Waals surface area contributed by atoms with Crippen LogP contribution in [0.15, 0.2) is 53.0 Å². The van der Waals surface area contributed by atoms with Gasteiger partial charge in [-0.3, -0.25) is 9.59 Å². The molecule has 0 aliphatic heterocycles. The summed E-state index contributed by atoms with van der Waals surface area (Å²) in [6, 6.07) is 14.3. The van der Waals surface area contributed by atoms with Crippen molar-refractivity contribution in [3.63, 3.8) is 0 Å². The summed E-state index contributed by atoms with van der Waals surface area (Å²) < 4.78 is 6.08. The van der Waals surface area contributed by atoms with Crippen LogP contribution in [0.3, 0.4) is 0 Å². The molecule has 4 nitrogen and oxygen atoms in total. The number of hydrogen-bond acceptors (Lipinski definition) is 3. The molecular weight excluding hydrogens is 346 g/mol. The molecule has 0 bridgehead atoms. The molecule has 0 aliphatic rings. The molecule has 5 heteroatoms. The van der Waals surface area contributed by atoms with Crippen LogP contribution in [0.25, 0.3) is 0 Å². The lowest BCUT2D eigenvalue weighted by Crippen LogP contribution is -2.27. The first kappa shape index (κ1) is 16.2. The minimum absolute atomic E-state index is 0.119. The van der Waals surface area contributed by atoms with Crippen molar-refractivity contribution in [3.8, 4) is 5.75 Å². The van der Waals surface area contributed by atoms with Gasteiger partial charge in [0.15, 0.2) is 0 Å². The molecule has 2 aromatic carbocycles. The number of carbonyl (C=O) groups is 2. The van der Waals surface area contributed by atoms with E-state index < -0.39 is 0 Å². The summed E-state index contributed by atoms with van der Waals surface area (Å²) in [5.41, 5.74) is 1.60. The Morgan fingerprint density at radius 3 is 2.55 bits per heavy atom. The highest BCUT2D eigenvalue weighted by Crippen LogP contribution is 2.16. The molecule has 0 atom stereocenters. The Bertz CT molecular complexity index is 668. The number of ether oxygens (including phenoxy) is 1. The summed E-state index contributed by atoms with van der Waals surface area (Å²) in [7, 11) is 0. The number of carbonyl (C=O) groups excluding carboxylic acids is 2. The van der Waals surface area contributed by atoms with Gasteiger partial charge in [-0.05, 0) is 43.3 Å². The van der Waals surface area contributed by atoms with Crippen LogP contribution in [0.5, 0.6) is 5.75 Å². The largest absolute Gasteiger partial charge is 0.426 e. The van der Waals surface area contributed by atoms with Crippen molar-refractivity contribution in [3.05, 3.63) is 64.1 Å². The summed E-state index contributed by atoms with van der Waals surface area (Å²) in [6.07, 6.45) is 0.119.